The second-order valence-electron chi connectivity index (χ2n) is 7.33. The maximum absolute atomic E-state index is 12.0. The molecule has 2 aromatic rings. The first-order valence-corrected chi connectivity index (χ1v) is 13.2. The highest BCUT2D eigenvalue weighted by Gasteiger charge is 2.48. The molecule has 20 heteroatoms. The van der Waals surface area contributed by atoms with E-state index < -0.39 is 47.0 Å². The number of aromatic amines is 1. The molecule has 0 saturated carbocycles. The van der Waals surface area contributed by atoms with E-state index in [1.807, 2.05) is 0 Å². The monoisotopic (exact) mass is 519 g/mol. The van der Waals surface area contributed by atoms with Crippen LogP contribution in [0.4, 0.5) is 5.95 Å². The van der Waals surface area contributed by atoms with Crippen LogP contribution >= 0.6 is 23.5 Å². The summed E-state index contributed by atoms with van der Waals surface area (Å²) in [6, 6.07) is 0. The average Bonchev–Trinajstić information content (AvgIpc) is 3.13. The van der Waals surface area contributed by atoms with E-state index in [9.17, 15) is 28.3 Å². The number of H-pyrrole nitrogens is 1. The van der Waals surface area contributed by atoms with E-state index in [0.717, 1.165) is 0 Å². The number of nitrogens with zero attached hydrogens (tertiary/aromatic N) is 3. The van der Waals surface area contributed by atoms with Crippen LogP contribution in [0.25, 0.3) is 11.2 Å². The van der Waals surface area contributed by atoms with E-state index in [1.54, 1.807) is 6.92 Å². The molecule has 2 unspecified atom stereocenters. The molecule has 0 aliphatic carbocycles. The first-order valence-electron chi connectivity index (χ1n) is 8.65. The van der Waals surface area contributed by atoms with Gasteiger partial charge in [0.25, 0.3) is 5.56 Å². The maximum atomic E-state index is 12.0. The molecule has 0 spiro atoms. The fraction of sp³-hybridized carbons (Fsp3) is 0.583. The van der Waals surface area contributed by atoms with E-state index in [0.29, 0.717) is 6.42 Å². The Morgan fingerprint density at radius 2 is 1.84 bits per heavy atom. The fourth-order valence-electron chi connectivity index (χ4n) is 3.19. The molecule has 180 valence electrons. The zero-order valence-electron chi connectivity index (χ0n) is 16.5. The van der Waals surface area contributed by atoms with Crippen molar-refractivity contribution in [2.24, 2.45) is 0 Å². The van der Waals surface area contributed by atoms with Crippen LogP contribution in [0.15, 0.2) is 11.1 Å². The summed E-state index contributed by atoms with van der Waals surface area (Å²) in [7, 11) is -16.4. The van der Waals surface area contributed by atoms with E-state index >= 15 is 0 Å². The number of imidazole rings is 1. The third-order valence-corrected chi connectivity index (χ3v) is 8.25. The van der Waals surface area contributed by atoms with Crippen molar-refractivity contribution in [3.05, 3.63) is 16.7 Å². The van der Waals surface area contributed by atoms with Crippen LogP contribution in [-0.2, 0) is 37.3 Å². The number of fused-ring (bicyclic) bond motifs is 1. The van der Waals surface area contributed by atoms with Crippen molar-refractivity contribution in [2.45, 2.75) is 38.0 Å². The Bertz CT molecular complexity index is 1240. The summed E-state index contributed by atoms with van der Waals surface area (Å²) in [6.07, 6.45) is 1.88. The molecule has 1 aliphatic rings. The third-order valence-electron chi connectivity index (χ3n) is 4.47. The number of nitrogen functional groups attached to an aromatic ring is 1. The largest absolute Gasteiger partial charge is 0.490 e. The lowest BCUT2D eigenvalue weighted by Gasteiger charge is -2.31. The Morgan fingerprint density at radius 3 is 2.47 bits per heavy atom. The predicted octanol–water partition coefficient (Wildman–Crippen LogP) is 0.287. The second kappa shape index (κ2) is 8.08. The van der Waals surface area contributed by atoms with Gasteiger partial charge in [-0.15, -0.1) is 0 Å². The van der Waals surface area contributed by atoms with Crippen molar-refractivity contribution < 1.29 is 51.2 Å². The Labute approximate surface area is 179 Å². The van der Waals surface area contributed by atoms with Gasteiger partial charge in [0.15, 0.2) is 11.2 Å². The van der Waals surface area contributed by atoms with Crippen LogP contribution < -0.4 is 11.3 Å². The van der Waals surface area contributed by atoms with Gasteiger partial charge in [-0.2, -0.15) is 13.6 Å². The number of hydrogen-bond donors (Lipinski definition) is 6. The van der Waals surface area contributed by atoms with Gasteiger partial charge < -0.3 is 30.0 Å². The number of hydrogen-bond acceptors (Lipinski definition) is 11. The highest BCUT2D eigenvalue weighted by atomic mass is 31.3. The highest BCUT2D eigenvalue weighted by molar-refractivity contribution is 7.66. The average molecular weight is 519 g/mol. The number of anilines is 1. The lowest BCUT2D eigenvalue weighted by molar-refractivity contribution is -0.143. The van der Waals surface area contributed by atoms with Crippen molar-refractivity contribution in [3.8, 4) is 0 Å². The van der Waals surface area contributed by atoms with Crippen LogP contribution in [0.2, 0.25) is 0 Å². The van der Waals surface area contributed by atoms with Gasteiger partial charge in [-0.1, -0.05) is 0 Å². The van der Waals surface area contributed by atoms with Gasteiger partial charge in [-0.25, -0.2) is 18.7 Å². The maximum Gasteiger partial charge on any atom is 0.490 e. The molecule has 32 heavy (non-hydrogen) atoms. The minimum atomic E-state index is -5.63. The molecule has 0 aromatic carbocycles. The lowest BCUT2D eigenvalue weighted by Crippen LogP contribution is -2.37. The number of aromatic nitrogens is 4. The molecule has 0 bridgehead atoms. The molecule has 2 aromatic heterocycles. The molecule has 1 fully saturated rings. The summed E-state index contributed by atoms with van der Waals surface area (Å²) in [4.78, 5) is 58.3. The molecule has 0 amide bonds. The first-order chi connectivity index (χ1) is 14.4. The molecule has 3 heterocycles. The lowest BCUT2D eigenvalue weighted by atomic mass is 10.0. The smallest absolute Gasteiger partial charge is 0.369 e. The predicted molar refractivity (Wildman–Crippen MR) is 105 cm³/mol. The summed E-state index contributed by atoms with van der Waals surface area (Å²) in [5.74, 6) is -0.138. The van der Waals surface area contributed by atoms with Gasteiger partial charge in [0.2, 0.25) is 5.95 Å². The molecule has 17 nitrogen and oxygen atoms in total. The Kier molecular flexibility index (Phi) is 6.35. The molecule has 7 N–H and O–H groups in total. The van der Waals surface area contributed by atoms with Gasteiger partial charge in [0.05, 0.1) is 18.5 Å². The number of phosphoric ester groups is 1. The molecular formula is C12H20N5O12P3. The van der Waals surface area contributed by atoms with E-state index in [-0.39, 0.29) is 23.5 Å². The number of nitrogens with one attached hydrogen (secondary N) is 1. The quantitative estimate of drug-likeness (QED) is 0.256. The molecule has 0 radical (unpaired) electrons. The summed E-state index contributed by atoms with van der Waals surface area (Å²) < 4.78 is 53.6. The summed E-state index contributed by atoms with van der Waals surface area (Å²) in [5, 5.41) is 0. The topological polar surface area (TPSA) is 259 Å². The molecular weight excluding hydrogens is 499 g/mol. The van der Waals surface area contributed by atoms with E-state index in [2.05, 4.69) is 28.1 Å². The van der Waals surface area contributed by atoms with Crippen LogP contribution in [-0.4, -0.2) is 51.3 Å². The minimum absolute atomic E-state index is 0.0193. The zero-order chi connectivity index (χ0) is 24.2. The van der Waals surface area contributed by atoms with Crippen molar-refractivity contribution in [2.75, 3.05) is 12.3 Å². The number of ether oxygens (including phenoxy) is 1. The summed E-state index contributed by atoms with van der Waals surface area (Å²) in [5.41, 5.74) is 2.84. The number of rotatable bonds is 8. The normalized spacial score (nSPS) is 27.9. The van der Waals surface area contributed by atoms with Crippen LogP contribution in [0.1, 0.15) is 26.7 Å². The molecule has 1 aliphatic heterocycles. The van der Waals surface area contributed by atoms with E-state index in [4.69, 9.17) is 20.3 Å². The van der Waals surface area contributed by atoms with Crippen molar-refractivity contribution >= 4 is 40.6 Å². The van der Waals surface area contributed by atoms with Crippen LogP contribution in [0.3, 0.4) is 0 Å². The number of nitrogens with two attached hydrogens (primary N) is 1. The van der Waals surface area contributed by atoms with Crippen LogP contribution in [0.5, 0.6) is 0 Å². The van der Waals surface area contributed by atoms with Gasteiger partial charge >= 0.3 is 23.5 Å². The highest BCUT2D eigenvalue weighted by Crippen LogP contribution is 2.66. The summed E-state index contributed by atoms with van der Waals surface area (Å²) >= 11 is 0. The van der Waals surface area contributed by atoms with Gasteiger partial charge in [0, 0.05) is 0 Å². The molecule has 1 saturated heterocycles. The molecule has 3 rings (SSSR count). The second-order valence-corrected chi connectivity index (χ2v) is 11.7. The van der Waals surface area contributed by atoms with Crippen molar-refractivity contribution in [1.82, 2.24) is 19.5 Å². The Hall–Kier alpha value is -1.48. The van der Waals surface area contributed by atoms with E-state index in [1.165, 1.54) is 17.8 Å². The van der Waals surface area contributed by atoms with Crippen molar-refractivity contribution in [3.63, 3.8) is 0 Å². The standard InChI is InChI=1S/C12H20N5O12P3/c1-11(5-26-31(22,23)29-32(24,25)28-30(19,20)21)3-4-12(2,27-11)17-6-14-7-8(17)15-10(13)16-9(7)18/h6H,3-5H2,1-2H3,(H,22,23)(H,24,25)(H2,19,20,21)(H3,13,15,16,18)/t11-,12+/m0/s1. The van der Waals surface area contributed by atoms with Gasteiger partial charge in [0.1, 0.15) is 5.72 Å². The summed E-state index contributed by atoms with van der Waals surface area (Å²) in [6.45, 7) is 2.52. The van der Waals surface area contributed by atoms with Gasteiger partial charge in [-0.05, 0) is 26.7 Å². The fourth-order valence-corrected chi connectivity index (χ4v) is 6.33. The zero-order valence-corrected chi connectivity index (χ0v) is 19.2. The third kappa shape index (κ3) is 5.71. The van der Waals surface area contributed by atoms with Crippen molar-refractivity contribution in [1.29, 1.82) is 0 Å². The van der Waals surface area contributed by atoms with Gasteiger partial charge in [-0.3, -0.25) is 18.9 Å². The first kappa shape index (κ1) is 25.1. The van der Waals surface area contributed by atoms with Crippen LogP contribution in [0, 0.1) is 0 Å². The number of phosphoric acid groups is 3. The molecule has 4 atom stereocenters. The SMILES string of the molecule is C[C@@]1(COP(=O)(O)OP(=O)(O)OP(=O)(O)O)CC[C@](C)(n2cnc3c(=O)[nH]c(N)nc32)O1. The Balaban J connectivity index is 1.74. The minimum Gasteiger partial charge on any atom is -0.369 e. The Morgan fingerprint density at radius 1 is 1.19 bits per heavy atom.